The fourth-order valence-corrected chi connectivity index (χ4v) is 4.89. The first-order chi connectivity index (χ1) is 15.5. The molecule has 0 aliphatic carbocycles. The number of likely N-dealkylation sites (tertiary alicyclic amines) is 1. The van der Waals surface area contributed by atoms with Crippen LogP contribution in [0.3, 0.4) is 0 Å². The third kappa shape index (κ3) is 5.25. The Hall–Kier alpha value is -2.98. The summed E-state index contributed by atoms with van der Waals surface area (Å²) in [6, 6.07) is 14.1. The van der Waals surface area contributed by atoms with Crippen LogP contribution in [0.2, 0.25) is 0 Å². The zero-order valence-electron chi connectivity index (χ0n) is 18.1. The minimum absolute atomic E-state index is 0.0460. The predicted octanol–water partition coefficient (Wildman–Crippen LogP) is 3.63. The van der Waals surface area contributed by atoms with Crippen molar-refractivity contribution in [2.75, 3.05) is 31.1 Å². The van der Waals surface area contributed by atoms with Gasteiger partial charge < -0.3 is 10.2 Å². The molecule has 5 nitrogen and oxygen atoms in total. The number of benzene rings is 2. The smallest absolute Gasteiger partial charge is 0.224 e. The number of hydrogen-bond donors (Lipinski definition) is 1. The Morgan fingerprint density at radius 1 is 1.06 bits per heavy atom. The number of carbonyl (C=O) groups is 1. The molecule has 0 saturated carbocycles. The molecular formula is C25H28F2N4O. The van der Waals surface area contributed by atoms with E-state index >= 15 is 0 Å². The molecule has 0 radical (unpaired) electrons. The number of para-hydroxylation sites is 1. The highest BCUT2D eigenvalue weighted by Crippen LogP contribution is 2.27. The Bertz CT molecular complexity index is 998. The van der Waals surface area contributed by atoms with Crippen LogP contribution in [0.15, 0.2) is 42.5 Å². The molecule has 2 aliphatic heterocycles. The van der Waals surface area contributed by atoms with Crippen LogP contribution in [0.5, 0.6) is 0 Å². The highest BCUT2D eigenvalue weighted by molar-refractivity contribution is 5.78. The number of carbonyl (C=O) groups excluding carboxylic acids is 1. The van der Waals surface area contributed by atoms with Crippen molar-refractivity contribution in [2.24, 2.45) is 0 Å². The number of hydrogen-bond acceptors (Lipinski definition) is 4. The fourth-order valence-electron chi connectivity index (χ4n) is 4.89. The molecule has 168 valence electrons. The molecule has 2 aliphatic rings. The van der Waals surface area contributed by atoms with Crippen LogP contribution >= 0.6 is 0 Å². The first-order valence-electron chi connectivity index (χ1n) is 11.2. The van der Waals surface area contributed by atoms with Gasteiger partial charge >= 0.3 is 0 Å². The molecule has 2 aromatic carbocycles. The van der Waals surface area contributed by atoms with Gasteiger partial charge in [-0.1, -0.05) is 18.2 Å². The van der Waals surface area contributed by atoms with E-state index in [0.29, 0.717) is 17.2 Å². The van der Waals surface area contributed by atoms with Crippen LogP contribution in [0.4, 0.5) is 14.5 Å². The number of halogens is 2. The lowest BCUT2D eigenvalue weighted by molar-refractivity contribution is -0.121. The Morgan fingerprint density at radius 2 is 1.84 bits per heavy atom. The van der Waals surface area contributed by atoms with Crippen LogP contribution in [0.1, 0.15) is 36.8 Å². The van der Waals surface area contributed by atoms with E-state index in [2.05, 4.69) is 21.2 Å². The van der Waals surface area contributed by atoms with E-state index in [1.165, 1.54) is 6.07 Å². The van der Waals surface area contributed by atoms with Crippen LogP contribution < -0.4 is 10.2 Å². The van der Waals surface area contributed by atoms with Gasteiger partial charge in [0.15, 0.2) is 11.6 Å². The lowest BCUT2D eigenvalue weighted by Crippen LogP contribution is -2.53. The van der Waals surface area contributed by atoms with Crippen molar-refractivity contribution < 1.29 is 13.6 Å². The summed E-state index contributed by atoms with van der Waals surface area (Å²) < 4.78 is 26.5. The minimum atomic E-state index is -0.928. The molecule has 32 heavy (non-hydrogen) atoms. The first kappa shape index (κ1) is 22.2. The van der Waals surface area contributed by atoms with Gasteiger partial charge in [-0.15, -0.1) is 0 Å². The molecule has 2 aromatic rings. The largest absolute Gasteiger partial charge is 0.370 e. The van der Waals surface area contributed by atoms with Crippen LogP contribution in [0, 0.1) is 23.0 Å². The molecule has 0 aromatic heterocycles. The predicted molar refractivity (Wildman–Crippen MR) is 119 cm³/mol. The van der Waals surface area contributed by atoms with Crippen molar-refractivity contribution >= 4 is 11.6 Å². The van der Waals surface area contributed by atoms with Crippen LogP contribution in [-0.2, 0) is 11.2 Å². The first-order valence-corrected chi connectivity index (χ1v) is 11.2. The topological polar surface area (TPSA) is 59.4 Å². The van der Waals surface area contributed by atoms with Gasteiger partial charge in [-0.2, -0.15) is 5.26 Å². The number of amides is 1. The van der Waals surface area contributed by atoms with Gasteiger partial charge in [0.2, 0.25) is 5.91 Å². The molecule has 7 heteroatoms. The summed E-state index contributed by atoms with van der Waals surface area (Å²) >= 11 is 0. The second-order valence-corrected chi connectivity index (χ2v) is 8.67. The molecule has 1 atom stereocenters. The number of piperidine rings is 2. The van der Waals surface area contributed by atoms with Gasteiger partial charge in [-0.3, -0.25) is 9.69 Å². The van der Waals surface area contributed by atoms with E-state index in [1.807, 2.05) is 24.3 Å². The highest BCUT2D eigenvalue weighted by atomic mass is 19.2. The number of rotatable bonds is 5. The van der Waals surface area contributed by atoms with Gasteiger partial charge in [0.1, 0.15) is 6.07 Å². The lowest BCUT2D eigenvalue weighted by atomic mass is 9.97. The molecule has 1 unspecified atom stereocenters. The maximum absolute atomic E-state index is 13.4. The number of nitrogens with one attached hydrogen (secondary N) is 1. The number of anilines is 1. The summed E-state index contributed by atoms with van der Waals surface area (Å²) in [5, 5.41) is 12.4. The zero-order chi connectivity index (χ0) is 22.5. The average Bonchev–Trinajstić information content (AvgIpc) is 2.81. The molecule has 1 N–H and O–H groups in total. The summed E-state index contributed by atoms with van der Waals surface area (Å²) in [6.07, 6.45) is 4.04. The van der Waals surface area contributed by atoms with E-state index in [0.717, 1.165) is 69.7 Å². The number of nitrogens with zero attached hydrogens (tertiary/aromatic N) is 3. The van der Waals surface area contributed by atoms with Crippen molar-refractivity contribution in [2.45, 2.75) is 44.2 Å². The standard InChI is InChI=1S/C25H28F2N4O/c26-22-8-7-18(14-23(22)27)15-25(32)29-20-5-3-11-31(17-20)21-9-12-30(13-10-21)24-6-2-1-4-19(24)16-28/h1-2,4,6-8,14,20-21H,3,5,9-13,15,17H2,(H,29,32). The molecule has 1 amide bonds. The summed E-state index contributed by atoms with van der Waals surface area (Å²) in [5.41, 5.74) is 2.20. The van der Waals surface area contributed by atoms with Crippen molar-refractivity contribution in [3.63, 3.8) is 0 Å². The van der Waals surface area contributed by atoms with E-state index in [9.17, 15) is 18.8 Å². The zero-order valence-corrected chi connectivity index (χ0v) is 18.1. The van der Waals surface area contributed by atoms with Gasteiger partial charge in [0, 0.05) is 31.7 Å². The van der Waals surface area contributed by atoms with Crippen molar-refractivity contribution in [1.82, 2.24) is 10.2 Å². The molecule has 4 rings (SSSR count). The summed E-state index contributed by atoms with van der Waals surface area (Å²) in [7, 11) is 0. The molecule has 2 heterocycles. The molecule has 0 spiro atoms. The summed E-state index contributed by atoms with van der Waals surface area (Å²) in [4.78, 5) is 17.2. The lowest BCUT2D eigenvalue weighted by Gasteiger charge is -2.43. The Labute approximate surface area is 187 Å². The second kappa shape index (κ2) is 10.1. The van der Waals surface area contributed by atoms with E-state index in [1.54, 1.807) is 0 Å². The van der Waals surface area contributed by atoms with Gasteiger partial charge in [-0.25, -0.2) is 8.78 Å². The minimum Gasteiger partial charge on any atom is -0.370 e. The highest BCUT2D eigenvalue weighted by Gasteiger charge is 2.30. The van der Waals surface area contributed by atoms with Gasteiger partial charge in [0.05, 0.1) is 17.7 Å². The molecule has 2 fully saturated rings. The number of nitriles is 1. The van der Waals surface area contributed by atoms with Crippen LogP contribution in [0.25, 0.3) is 0 Å². The SMILES string of the molecule is N#Cc1ccccc1N1CCC(N2CCCC(NC(=O)Cc3ccc(F)c(F)c3)C2)CC1. The van der Waals surface area contributed by atoms with Crippen molar-refractivity contribution in [3.05, 3.63) is 65.2 Å². The van der Waals surface area contributed by atoms with E-state index in [-0.39, 0.29) is 18.4 Å². The van der Waals surface area contributed by atoms with E-state index in [4.69, 9.17) is 0 Å². The average molecular weight is 439 g/mol. The molecule has 0 bridgehead atoms. The third-order valence-corrected chi connectivity index (χ3v) is 6.51. The van der Waals surface area contributed by atoms with Gasteiger partial charge in [-0.05, 0) is 62.1 Å². The maximum atomic E-state index is 13.4. The maximum Gasteiger partial charge on any atom is 0.224 e. The second-order valence-electron chi connectivity index (χ2n) is 8.67. The van der Waals surface area contributed by atoms with E-state index < -0.39 is 11.6 Å². The summed E-state index contributed by atoms with van der Waals surface area (Å²) in [5.74, 6) is -1.99. The van der Waals surface area contributed by atoms with Crippen molar-refractivity contribution in [1.29, 1.82) is 5.26 Å². The van der Waals surface area contributed by atoms with Gasteiger partial charge in [0.25, 0.3) is 0 Å². The normalized spacial score (nSPS) is 20.0. The Kier molecular flexibility index (Phi) is 7.01. The molecular weight excluding hydrogens is 410 g/mol. The molecule has 2 saturated heterocycles. The Balaban J connectivity index is 1.28. The monoisotopic (exact) mass is 438 g/mol. The van der Waals surface area contributed by atoms with Crippen molar-refractivity contribution in [3.8, 4) is 6.07 Å². The quantitative estimate of drug-likeness (QED) is 0.775. The summed E-state index contributed by atoms with van der Waals surface area (Å²) in [6.45, 7) is 3.65. The Morgan fingerprint density at radius 3 is 2.59 bits per heavy atom. The third-order valence-electron chi connectivity index (χ3n) is 6.51. The fraction of sp³-hybridized carbons (Fsp3) is 0.440. The van der Waals surface area contributed by atoms with Crippen LogP contribution in [-0.4, -0.2) is 49.1 Å².